The van der Waals surface area contributed by atoms with E-state index in [9.17, 15) is 14.7 Å². The molecule has 1 aromatic heterocycles. The monoisotopic (exact) mass is 482 g/mol. The fourth-order valence-corrected chi connectivity index (χ4v) is 5.21. The number of carbonyl (C=O) groups excluding carboxylic acids is 2. The average molecular weight is 483 g/mol. The van der Waals surface area contributed by atoms with Gasteiger partial charge in [0.05, 0.1) is 16.8 Å². The minimum absolute atomic E-state index is 0.0414. The van der Waals surface area contributed by atoms with Crippen LogP contribution in [-0.4, -0.2) is 34.1 Å². The Hall–Kier alpha value is -3.80. The van der Waals surface area contributed by atoms with Crippen LogP contribution in [0.25, 0.3) is 0 Å². The van der Waals surface area contributed by atoms with E-state index in [1.165, 1.54) is 0 Å². The van der Waals surface area contributed by atoms with Gasteiger partial charge in [0, 0.05) is 37.9 Å². The predicted molar refractivity (Wildman–Crippen MR) is 138 cm³/mol. The second kappa shape index (κ2) is 10.9. The highest BCUT2D eigenvalue weighted by Crippen LogP contribution is 2.34. The summed E-state index contributed by atoms with van der Waals surface area (Å²) in [5.41, 5.74) is 4.43. The Labute approximate surface area is 210 Å². The number of carbonyl (C=O) groups is 2. The normalized spacial score (nSPS) is 18.4. The molecule has 6 nitrogen and oxygen atoms in total. The Morgan fingerprint density at radius 2 is 1.69 bits per heavy atom. The summed E-state index contributed by atoms with van der Waals surface area (Å²) in [5, 5.41) is 14.8. The van der Waals surface area contributed by atoms with E-state index in [1.807, 2.05) is 60.7 Å². The number of fused-ring (bicyclic) bond motifs is 1. The second-order valence-electron chi connectivity index (χ2n) is 9.53. The van der Waals surface area contributed by atoms with Crippen LogP contribution in [0.2, 0.25) is 0 Å². The van der Waals surface area contributed by atoms with E-state index in [1.54, 1.807) is 0 Å². The molecule has 1 heterocycles. The Bertz CT molecular complexity index is 1310. The van der Waals surface area contributed by atoms with Gasteiger partial charge in [-0.05, 0) is 42.7 Å². The number of aromatic nitrogens is 1. The van der Waals surface area contributed by atoms with Crippen LogP contribution in [0.3, 0.4) is 0 Å². The molecule has 0 saturated heterocycles. The van der Waals surface area contributed by atoms with Crippen LogP contribution < -0.4 is 0 Å². The summed E-state index contributed by atoms with van der Waals surface area (Å²) in [7, 11) is 0. The maximum absolute atomic E-state index is 13.1. The van der Waals surface area contributed by atoms with Gasteiger partial charge < -0.3 is 9.63 Å². The topological polar surface area (TPSA) is 92.8 Å². The molecule has 3 aromatic rings. The highest BCUT2D eigenvalue weighted by atomic mass is 16.5. The SMILES string of the molecule is O=C1CCCC(O)=C1C(CCc1noc2c1C(=O)CC(c1ccccc1)C2)=NCCc1ccccc1. The van der Waals surface area contributed by atoms with Crippen molar-refractivity contribution in [3.63, 3.8) is 0 Å². The minimum atomic E-state index is -0.0684. The first kappa shape index (κ1) is 23.9. The molecule has 36 heavy (non-hydrogen) atoms. The van der Waals surface area contributed by atoms with E-state index < -0.39 is 0 Å². The van der Waals surface area contributed by atoms with Gasteiger partial charge in [0.15, 0.2) is 11.6 Å². The fourth-order valence-electron chi connectivity index (χ4n) is 5.21. The fraction of sp³-hybridized carbons (Fsp3) is 0.333. The van der Waals surface area contributed by atoms with Gasteiger partial charge in [0.2, 0.25) is 0 Å². The Morgan fingerprint density at radius 1 is 0.944 bits per heavy atom. The van der Waals surface area contributed by atoms with Gasteiger partial charge in [-0.15, -0.1) is 0 Å². The molecule has 1 atom stereocenters. The van der Waals surface area contributed by atoms with Gasteiger partial charge in [0.25, 0.3) is 0 Å². The number of allylic oxidation sites excluding steroid dienone is 2. The van der Waals surface area contributed by atoms with Crippen LogP contribution in [0.15, 0.2) is 81.5 Å². The van der Waals surface area contributed by atoms with Crippen LogP contribution in [-0.2, 0) is 24.1 Å². The molecule has 0 fully saturated rings. The third kappa shape index (κ3) is 5.23. The molecule has 184 valence electrons. The van der Waals surface area contributed by atoms with Gasteiger partial charge in [-0.1, -0.05) is 65.8 Å². The quantitative estimate of drug-likeness (QED) is 0.412. The lowest BCUT2D eigenvalue weighted by Crippen LogP contribution is -2.21. The molecular formula is C30H30N2O4. The number of nitrogens with zero attached hydrogens (tertiary/aromatic N) is 2. The number of aryl methyl sites for hydroxylation is 1. The van der Waals surface area contributed by atoms with Crippen molar-refractivity contribution in [1.82, 2.24) is 5.16 Å². The lowest BCUT2D eigenvalue weighted by Gasteiger charge is -2.20. The van der Waals surface area contributed by atoms with Gasteiger partial charge in [0.1, 0.15) is 11.5 Å². The molecule has 0 bridgehead atoms. The number of benzene rings is 2. The van der Waals surface area contributed by atoms with Crippen molar-refractivity contribution in [2.24, 2.45) is 4.99 Å². The molecule has 0 amide bonds. The van der Waals surface area contributed by atoms with Crippen LogP contribution >= 0.6 is 0 Å². The van der Waals surface area contributed by atoms with Gasteiger partial charge in [-0.2, -0.15) is 0 Å². The number of hydrogen-bond donors (Lipinski definition) is 1. The molecule has 0 saturated carbocycles. The number of rotatable bonds is 8. The first-order valence-corrected chi connectivity index (χ1v) is 12.7. The Morgan fingerprint density at radius 3 is 2.44 bits per heavy atom. The molecule has 0 spiro atoms. The zero-order valence-electron chi connectivity index (χ0n) is 20.3. The van der Waals surface area contributed by atoms with Crippen molar-refractivity contribution < 1.29 is 19.2 Å². The zero-order valence-corrected chi connectivity index (χ0v) is 20.3. The summed E-state index contributed by atoms with van der Waals surface area (Å²) >= 11 is 0. The smallest absolute Gasteiger partial charge is 0.168 e. The van der Waals surface area contributed by atoms with Crippen LogP contribution in [0.5, 0.6) is 0 Å². The van der Waals surface area contributed by atoms with Crippen molar-refractivity contribution in [3.8, 4) is 0 Å². The van der Waals surface area contributed by atoms with Crippen LogP contribution in [0, 0.1) is 0 Å². The maximum Gasteiger partial charge on any atom is 0.168 e. The number of ketones is 2. The van der Waals surface area contributed by atoms with Crippen molar-refractivity contribution in [2.75, 3.05) is 6.54 Å². The average Bonchev–Trinajstić information content (AvgIpc) is 3.31. The summed E-state index contributed by atoms with van der Waals surface area (Å²) in [6.45, 7) is 0.512. The molecule has 2 aliphatic carbocycles. The van der Waals surface area contributed by atoms with Crippen molar-refractivity contribution in [1.29, 1.82) is 0 Å². The van der Waals surface area contributed by atoms with Gasteiger partial charge >= 0.3 is 0 Å². The molecule has 0 aliphatic heterocycles. The van der Waals surface area contributed by atoms with E-state index in [0.29, 0.717) is 79.8 Å². The first-order chi connectivity index (χ1) is 17.6. The van der Waals surface area contributed by atoms with Gasteiger partial charge in [-0.25, -0.2) is 0 Å². The molecular weight excluding hydrogens is 452 g/mol. The lowest BCUT2D eigenvalue weighted by molar-refractivity contribution is -0.115. The van der Waals surface area contributed by atoms with E-state index in [2.05, 4.69) is 5.16 Å². The van der Waals surface area contributed by atoms with Crippen molar-refractivity contribution >= 4 is 17.3 Å². The van der Waals surface area contributed by atoms with E-state index >= 15 is 0 Å². The maximum atomic E-state index is 13.1. The molecule has 1 N–H and O–H groups in total. The number of aliphatic imine (C=N–C) groups is 1. The predicted octanol–water partition coefficient (Wildman–Crippen LogP) is 5.77. The number of aliphatic hydroxyl groups is 1. The van der Waals surface area contributed by atoms with Crippen LogP contribution in [0.1, 0.15) is 71.0 Å². The van der Waals surface area contributed by atoms with Crippen LogP contribution in [0.4, 0.5) is 0 Å². The van der Waals surface area contributed by atoms with E-state index in [-0.39, 0.29) is 23.2 Å². The second-order valence-corrected chi connectivity index (χ2v) is 9.53. The van der Waals surface area contributed by atoms with E-state index in [4.69, 9.17) is 9.52 Å². The first-order valence-electron chi connectivity index (χ1n) is 12.7. The molecule has 5 rings (SSSR count). The molecule has 6 heteroatoms. The van der Waals surface area contributed by atoms with Gasteiger partial charge in [-0.3, -0.25) is 14.6 Å². The largest absolute Gasteiger partial charge is 0.511 e. The molecule has 1 unspecified atom stereocenters. The van der Waals surface area contributed by atoms with Crippen molar-refractivity contribution in [2.45, 2.75) is 57.3 Å². The lowest BCUT2D eigenvalue weighted by atomic mass is 9.81. The summed E-state index contributed by atoms with van der Waals surface area (Å²) in [5.74, 6) is 0.812. The number of Topliss-reactive ketones (excluding diaryl/α,β-unsaturated/α-hetero) is 2. The summed E-state index contributed by atoms with van der Waals surface area (Å²) in [6, 6.07) is 20.1. The standard InChI is InChI=1S/C30H30N2O4/c33-25-12-7-13-26(34)29(25)23(31-17-16-20-8-3-1-4-9-20)14-15-24-30-27(35)18-22(19-28(30)36-32-24)21-10-5-2-6-11-21/h1-6,8-11,22,33H,7,12-19H2. The third-order valence-corrected chi connectivity index (χ3v) is 7.06. The van der Waals surface area contributed by atoms with Crippen molar-refractivity contribution in [3.05, 3.63) is 100 Å². The number of aliphatic hydroxyl groups excluding tert-OH is 1. The minimum Gasteiger partial charge on any atom is -0.511 e. The number of hydrogen-bond acceptors (Lipinski definition) is 6. The third-order valence-electron chi connectivity index (χ3n) is 7.06. The highest BCUT2D eigenvalue weighted by molar-refractivity contribution is 6.23. The summed E-state index contributed by atoms with van der Waals surface area (Å²) < 4.78 is 5.63. The summed E-state index contributed by atoms with van der Waals surface area (Å²) in [6.07, 6.45) is 4.19. The van der Waals surface area contributed by atoms with E-state index in [0.717, 1.165) is 17.5 Å². The summed E-state index contributed by atoms with van der Waals surface area (Å²) in [4.78, 5) is 30.6. The molecule has 2 aromatic carbocycles. The Balaban J connectivity index is 1.34. The highest BCUT2D eigenvalue weighted by Gasteiger charge is 2.33. The molecule has 2 aliphatic rings. The Kier molecular flexibility index (Phi) is 7.21. The molecule has 0 radical (unpaired) electrons. The zero-order chi connectivity index (χ0) is 24.9.